The molecule has 1 aromatic heterocycles. The summed E-state index contributed by atoms with van der Waals surface area (Å²) < 4.78 is 63.4. The molecule has 2 heterocycles. The molecular formula is C12H15ClF3N3O2S. The Morgan fingerprint density at radius 1 is 1.32 bits per heavy atom. The van der Waals surface area contributed by atoms with Gasteiger partial charge >= 0.3 is 6.18 Å². The van der Waals surface area contributed by atoms with Crippen molar-refractivity contribution in [1.29, 1.82) is 0 Å². The van der Waals surface area contributed by atoms with Crippen molar-refractivity contribution in [3.8, 4) is 0 Å². The first kappa shape index (κ1) is 18.9. The highest BCUT2D eigenvalue weighted by molar-refractivity contribution is 7.89. The van der Waals surface area contributed by atoms with Gasteiger partial charge in [0.1, 0.15) is 10.6 Å². The zero-order valence-electron chi connectivity index (χ0n) is 11.4. The molecule has 0 atom stereocenters. The van der Waals surface area contributed by atoms with E-state index in [1.54, 1.807) is 0 Å². The summed E-state index contributed by atoms with van der Waals surface area (Å²) >= 11 is 0. The van der Waals surface area contributed by atoms with Crippen LogP contribution in [0, 0.1) is 0 Å². The standard InChI is InChI=1S/C12H14F3N3O2S.ClH/c13-12(14,15)11-2-1-10(8-17-11)21(19,20)18-7-9-3-5-16-6-4-9;/h1-3,8,16,18H,4-7H2;1H. The highest BCUT2D eigenvalue weighted by Gasteiger charge is 2.32. The van der Waals surface area contributed by atoms with Gasteiger partial charge in [-0.15, -0.1) is 12.4 Å². The third kappa shape index (κ3) is 4.94. The van der Waals surface area contributed by atoms with E-state index < -0.39 is 21.9 Å². The lowest BCUT2D eigenvalue weighted by Gasteiger charge is -2.14. The van der Waals surface area contributed by atoms with Gasteiger partial charge in [-0.1, -0.05) is 11.6 Å². The molecule has 0 spiro atoms. The number of rotatable bonds is 4. The number of sulfonamides is 1. The van der Waals surface area contributed by atoms with Crippen LogP contribution in [0.4, 0.5) is 13.2 Å². The van der Waals surface area contributed by atoms with Crippen molar-refractivity contribution in [3.63, 3.8) is 0 Å². The molecule has 0 saturated heterocycles. The average Bonchev–Trinajstić information content (AvgIpc) is 2.46. The topological polar surface area (TPSA) is 71.1 Å². The molecule has 10 heteroatoms. The molecule has 0 fully saturated rings. The maximum atomic E-state index is 12.4. The Morgan fingerprint density at radius 3 is 2.55 bits per heavy atom. The summed E-state index contributed by atoms with van der Waals surface area (Å²) in [6.45, 7) is 1.60. The molecule has 0 aromatic carbocycles. The fraction of sp³-hybridized carbons (Fsp3) is 0.417. The lowest BCUT2D eigenvalue weighted by molar-refractivity contribution is -0.141. The second-order valence-corrected chi connectivity index (χ2v) is 6.28. The van der Waals surface area contributed by atoms with E-state index in [1.807, 2.05) is 6.08 Å². The van der Waals surface area contributed by atoms with Gasteiger partial charge < -0.3 is 5.32 Å². The van der Waals surface area contributed by atoms with Crippen LogP contribution < -0.4 is 10.0 Å². The number of aromatic nitrogens is 1. The van der Waals surface area contributed by atoms with Gasteiger partial charge in [-0.05, 0) is 25.1 Å². The van der Waals surface area contributed by atoms with Crippen LogP contribution in [0.1, 0.15) is 12.1 Å². The smallest absolute Gasteiger partial charge is 0.313 e. The van der Waals surface area contributed by atoms with E-state index in [4.69, 9.17) is 0 Å². The number of hydrogen-bond donors (Lipinski definition) is 2. The minimum atomic E-state index is -4.59. The largest absolute Gasteiger partial charge is 0.433 e. The van der Waals surface area contributed by atoms with Crippen LogP contribution in [0.3, 0.4) is 0 Å². The van der Waals surface area contributed by atoms with Crippen LogP contribution in [0.15, 0.2) is 34.9 Å². The highest BCUT2D eigenvalue weighted by atomic mass is 35.5. The number of hydrogen-bond acceptors (Lipinski definition) is 4. The monoisotopic (exact) mass is 357 g/mol. The van der Waals surface area contributed by atoms with E-state index in [2.05, 4.69) is 15.0 Å². The molecule has 22 heavy (non-hydrogen) atoms. The summed E-state index contributed by atoms with van der Waals surface area (Å²) in [5, 5.41) is 3.09. The van der Waals surface area contributed by atoms with E-state index >= 15 is 0 Å². The first-order valence-electron chi connectivity index (χ1n) is 6.20. The molecule has 1 aliphatic heterocycles. The van der Waals surface area contributed by atoms with E-state index in [9.17, 15) is 21.6 Å². The van der Waals surface area contributed by atoms with Gasteiger partial charge in [0, 0.05) is 19.3 Å². The van der Waals surface area contributed by atoms with E-state index in [0.29, 0.717) is 18.8 Å². The number of nitrogens with one attached hydrogen (secondary N) is 2. The zero-order chi connectivity index (χ0) is 15.5. The zero-order valence-corrected chi connectivity index (χ0v) is 13.0. The van der Waals surface area contributed by atoms with Crippen LogP contribution in [0.2, 0.25) is 0 Å². The molecule has 0 unspecified atom stereocenters. The van der Waals surface area contributed by atoms with E-state index in [-0.39, 0.29) is 23.8 Å². The molecule has 2 N–H and O–H groups in total. The lowest BCUT2D eigenvalue weighted by Crippen LogP contribution is -2.29. The molecule has 5 nitrogen and oxygen atoms in total. The van der Waals surface area contributed by atoms with Crippen molar-refractivity contribution in [1.82, 2.24) is 15.0 Å². The molecule has 1 aromatic rings. The summed E-state index contributed by atoms with van der Waals surface area (Å²) in [6, 6.07) is 1.55. The Hall–Kier alpha value is -1.16. The van der Waals surface area contributed by atoms with Crippen molar-refractivity contribution in [2.24, 2.45) is 0 Å². The van der Waals surface area contributed by atoms with E-state index in [1.165, 1.54) is 0 Å². The Kier molecular flexibility index (Phi) is 6.36. The summed E-state index contributed by atoms with van der Waals surface area (Å²) in [5.41, 5.74) is -0.181. The van der Waals surface area contributed by atoms with Gasteiger partial charge in [0.15, 0.2) is 0 Å². The van der Waals surface area contributed by atoms with Crippen molar-refractivity contribution < 1.29 is 21.6 Å². The van der Waals surface area contributed by atoms with Gasteiger partial charge in [0.05, 0.1) is 0 Å². The van der Waals surface area contributed by atoms with Crippen molar-refractivity contribution in [3.05, 3.63) is 35.7 Å². The third-order valence-electron chi connectivity index (χ3n) is 2.98. The number of alkyl halides is 3. The molecule has 1 aliphatic rings. The normalized spacial score (nSPS) is 15.9. The second-order valence-electron chi connectivity index (χ2n) is 4.52. The molecule has 2 rings (SSSR count). The Morgan fingerprint density at radius 2 is 2.05 bits per heavy atom. The maximum Gasteiger partial charge on any atom is 0.433 e. The first-order valence-corrected chi connectivity index (χ1v) is 7.69. The highest BCUT2D eigenvalue weighted by Crippen LogP contribution is 2.27. The third-order valence-corrected chi connectivity index (χ3v) is 4.37. The fourth-order valence-corrected chi connectivity index (χ4v) is 2.79. The van der Waals surface area contributed by atoms with Crippen LogP contribution in [0.25, 0.3) is 0 Å². The van der Waals surface area contributed by atoms with E-state index in [0.717, 1.165) is 24.6 Å². The summed E-state index contributed by atoms with van der Waals surface area (Å²) in [6.07, 6.45) is -1.26. The van der Waals surface area contributed by atoms with Crippen LogP contribution in [-0.2, 0) is 16.2 Å². The Bertz CT molecular complexity index is 630. The van der Waals surface area contributed by atoms with Gasteiger partial charge in [-0.3, -0.25) is 4.98 Å². The van der Waals surface area contributed by atoms with Gasteiger partial charge in [0.2, 0.25) is 10.0 Å². The summed E-state index contributed by atoms with van der Waals surface area (Å²) in [7, 11) is -3.86. The summed E-state index contributed by atoms with van der Waals surface area (Å²) in [5.74, 6) is 0. The average molecular weight is 358 g/mol. The Balaban J connectivity index is 0.00000242. The van der Waals surface area contributed by atoms with Gasteiger partial charge in [-0.2, -0.15) is 13.2 Å². The van der Waals surface area contributed by atoms with Gasteiger partial charge in [0.25, 0.3) is 0 Å². The molecule has 0 bridgehead atoms. The first-order chi connectivity index (χ1) is 9.79. The second kappa shape index (κ2) is 7.40. The lowest BCUT2D eigenvalue weighted by atomic mass is 10.1. The van der Waals surface area contributed by atoms with Crippen LogP contribution in [0.5, 0.6) is 0 Å². The van der Waals surface area contributed by atoms with Gasteiger partial charge in [-0.25, -0.2) is 13.1 Å². The number of pyridine rings is 1. The number of nitrogens with zero attached hydrogens (tertiary/aromatic N) is 1. The molecule has 0 aliphatic carbocycles. The SMILES string of the molecule is Cl.O=S(=O)(NCC1=CCNCC1)c1ccc(C(F)(F)F)nc1. The Labute approximate surface area is 132 Å². The van der Waals surface area contributed by atoms with Crippen molar-refractivity contribution in [2.45, 2.75) is 17.5 Å². The predicted octanol–water partition coefficient (Wildman–Crippen LogP) is 1.72. The number of halogens is 4. The molecule has 0 radical (unpaired) electrons. The fourth-order valence-electron chi connectivity index (χ4n) is 1.81. The predicted molar refractivity (Wildman–Crippen MR) is 77.2 cm³/mol. The molecule has 0 amide bonds. The molecular weight excluding hydrogens is 343 g/mol. The molecule has 0 saturated carbocycles. The maximum absolute atomic E-state index is 12.4. The summed E-state index contributed by atoms with van der Waals surface area (Å²) in [4.78, 5) is 2.86. The van der Waals surface area contributed by atoms with Crippen LogP contribution >= 0.6 is 12.4 Å². The van der Waals surface area contributed by atoms with Crippen molar-refractivity contribution in [2.75, 3.05) is 19.6 Å². The minimum absolute atomic E-state index is 0. The quantitative estimate of drug-likeness (QED) is 0.805. The minimum Gasteiger partial charge on any atom is -0.313 e. The van der Waals surface area contributed by atoms with Crippen LogP contribution in [-0.4, -0.2) is 33.0 Å². The molecule has 124 valence electrons. The van der Waals surface area contributed by atoms with Crippen molar-refractivity contribution >= 4 is 22.4 Å².